The Morgan fingerprint density at radius 3 is 2.69 bits per heavy atom. The van der Waals surface area contributed by atoms with E-state index < -0.39 is 0 Å². The Hall–Kier alpha value is -2.21. The zero-order valence-corrected chi connectivity index (χ0v) is 15.9. The Morgan fingerprint density at radius 1 is 1.27 bits per heavy atom. The molecule has 0 radical (unpaired) electrons. The first-order valence-electron chi connectivity index (χ1n) is 8.88. The van der Waals surface area contributed by atoms with E-state index in [2.05, 4.69) is 19.2 Å². The lowest BCUT2D eigenvalue weighted by Gasteiger charge is -2.27. The molecule has 0 unspecified atom stereocenters. The van der Waals surface area contributed by atoms with Crippen molar-refractivity contribution >= 4 is 23.2 Å². The summed E-state index contributed by atoms with van der Waals surface area (Å²) in [5.74, 6) is 0.0533. The second kappa shape index (κ2) is 7.99. The number of fused-ring (bicyclic) bond motifs is 1. The largest absolute Gasteiger partial charge is 0.351 e. The molecule has 1 aliphatic rings. The molecule has 26 heavy (non-hydrogen) atoms. The number of nitrogens with zero attached hydrogens (tertiary/aromatic N) is 1. The Labute approximate surface area is 157 Å². The minimum atomic E-state index is -0.353. The summed E-state index contributed by atoms with van der Waals surface area (Å²) in [6.07, 6.45) is 1.70. The molecule has 1 aromatic heterocycles. The Morgan fingerprint density at radius 2 is 2.00 bits per heavy atom. The summed E-state index contributed by atoms with van der Waals surface area (Å²) < 4.78 is 13.0. The van der Waals surface area contributed by atoms with Crippen LogP contribution >= 0.6 is 11.3 Å². The van der Waals surface area contributed by atoms with Crippen LogP contribution in [0.1, 0.15) is 50.7 Å². The van der Waals surface area contributed by atoms with Gasteiger partial charge >= 0.3 is 0 Å². The van der Waals surface area contributed by atoms with E-state index >= 15 is 0 Å². The number of amides is 2. The van der Waals surface area contributed by atoms with Crippen LogP contribution in [0.5, 0.6) is 0 Å². The zero-order valence-electron chi connectivity index (χ0n) is 15.0. The predicted molar refractivity (Wildman–Crippen MR) is 101 cm³/mol. The highest BCUT2D eigenvalue weighted by molar-refractivity contribution is 7.14. The van der Waals surface area contributed by atoms with Gasteiger partial charge in [-0.2, -0.15) is 0 Å². The molecular weight excluding hydrogens is 351 g/mol. The van der Waals surface area contributed by atoms with Crippen LogP contribution in [0.15, 0.2) is 30.3 Å². The van der Waals surface area contributed by atoms with Crippen molar-refractivity contribution in [2.24, 2.45) is 5.92 Å². The van der Waals surface area contributed by atoms with Gasteiger partial charge in [-0.05, 0) is 54.7 Å². The molecule has 2 heterocycles. The Bertz CT molecular complexity index is 799. The van der Waals surface area contributed by atoms with Crippen molar-refractivity contribution in [3.05, 3.63) is 57.0 Å². The summed E-state index contributed by atoms with van der Waals surface area (Å²) in [7, 11) is 0. The topological polar surface area (TPSA) is 49.4 Å². The van der Waals surface area contributed by atoms with Gasteiger partial charge in [0.05, 0.1) is 4.88 Å². The quantitative estimate of drug-likeness (QED) is 0.864. The number of hydrogen-bond acceptors (Lipinski definition) is 3. The van der Waals surface area contributed by atoms with Gasteiger partial charge in [-0.3, -0.25) is 9.59 Å². The number of thiophene rings is 1. The van der Waals surface area contributed by atoms with Crippen LogP contribution in [0.3, 0.4) is 0 Å². The number of nitrogens with one attached hydrogen (secondary N) is 1. The van der Waals surface area contributed by atoms with Crippen molar-refractivity contribution in [3.63, 3.8) is 0 Å². The van der Waals surface area contributed by atoms with Crippen molar-refractivity contribution in [2.45, 2.75) is 33.2 Å². The highest BCUT2D eigenvalue weighted by Crippen LogP contribution is 2.29. The number of hydrogen-bond donors (Lipinski definition) is 1. The van der Waals surface area contributed by atoms with Gasteiger partial charge in [-0.15, -0.1) is 11.3 Å². The van der Waals surface area contributed by atoms with Crippen molar-refractivity contribution in [2.75, 3.05) is 13.1 Å². The van der Waals surface area contributed by atoms with Crippen LogP contribution in [0.2, 0.25) is 0 Å². The van der Waals surface area contributed by atoms with Gasteiger partial charge in [0.15, 0.2) is 0 Å². The maximum Gasteiger partial charge on any atom is 0.261 e. The molecule has 0 fully saturated rings. The minimum Gasteiger partial charge on any atom is -0.351 e. The van der Waals surface area contributed by atoms with Crippen LogP contribution in [0.25, 0.3) is 0 Å². The molecule has 3 rings (SSSR count). The van der Waals surface area contributed by atoms with Crippen LogP contribution in [-0.4, -0.2) is 29.8 Å². The van der Waals surface area contributed by atoms with Gasteiger partial charge in [0.1, 0.15) is 5.82 Å². The summed E-state index contributed by atoms with van der Waals surface area (Å²) in [4.78, 5) is 28.5. The van der Waals surface area contributed by atoms with Crippen molar-refractivity contribution in [3.8, 4) is 0 Å². The SMILES string of the molecule is CC(C)CCNC(=O)c1cc2c(s1)CCN(C(=O)c1ccc(F)cc1)C2. The Kier molecular flexibility index (Phi) is 5.71. The lowest BCUT2D eigenvalue weighted by Crippen LogP contribution is -2.35. The first kappa shape index (κ1) is 18.6. The summed E-state index contributed by atoms with van der Waals surface area (Å²) in [6.45, 7) is 6.03. The number of benzene rings is 1. The average molecular weight is 374 g/mol. The van der Waals surface area contributed by atoms with E-state index in [1.165, 1.54) is 40.5 Å². The summed E-state index contributed by atoms with van der Waals surface area (Å²) in [5, 5.41) is 2.96. The van der Waals surface area contributed by atoms with E-state index in [0.717, 1.165) is 18.4 Å². The fraction of sp³-hybridized carbons (Fsp3) is 0.400. The van der Waals surface area contributed by atoms with E-state index in [0.29, 0.717) is 36.0 Å². The molecule has 1 aromatic carbocycles. The maximum absolute atomic E-state index is 13.0. The molecule has 0 saturated heterocycles. The lowest BCUT2D eigenvalue weighted by molar-refractivity contribution is 0.0735. The number of rotatable bonds is 5. The summed E-state index contributed by atoms with van der Waals surface area (Å²) in [6, 6.07) is 7.51. The second-order valence-corrected chi connectivity index (χ2v) is 8.12. The van der Waals surface area contributed by atoms with E-state index in [9.17, 15) is 14.0 Å². The van der Waals surface area contributed by atoms with Gasteiger partial charge < -0.3 is 10.2 Å². The molecule has 0 atom stereocenters. The smallest absolute Gasteiger partial charge is 0.261 e. The molecule has 4 nitrogen and oxygen atoms in total. The number of carbonyl (C=O) groups excluding carboxylic acids is 2. The van der Waals surface area contributed by atoms with E-state index in [1.54, 1.807) is 4.90 Å². The third kappa shape index (κ3) is 4.30. The highest BCUT2D eigenvalue weighted by Gasteiger charge is 2.25. The molecule has 1 aliphatic heterocycles. The molecule has 0 saturated carbocycles. The highest BCUT2D eigenvalue weighted by atomic mass is 32.1. The fourth-order valence-corrected chi connectivity index (χ4v) is 4.03. The van der Waals surface area contributed by atoms with E-state index in [4.69, 9.17) is 0 Å². The predicted octanol–water partition coefficient (Wildman–Crippen LogP) is 3.86. The van der Waals surface area contributed by atoms with Gasteiger partial charge in [-0.1, -0.05) is 13.8 Å². The van der Waals surface area contributed by atoms with Crippen LogP contribution in [-0.2, 0) is 13.0 Å². The van der Waals surface area contributed by atoms with Crippen LogP contribution in [0, 0.1) is 11.7 Å². The normalized spacial score (nSPS) is 13.6. The van der Waals surface area contributed by atoms with Crippen LogP contribution < -0.4 is 5.32 Å². The minimum absolute atomic E-state index is 0.0403. The van der Waals surface area contributed by atoms with Gasteiger partial charge in [-0.25, -0.2) is 4.39 Å². The zero-order chi connectivity index (χ0) is 18.7. The van der Waals surface area contributed by atoms with Gasteiger partial charge in [0, 0.05) is 30.1 Å². The van der Waals surface area contributed by atoms with Gasteiger partial charge in [0.2, 0.25) is 0 Å². The molecule has 2 amide bonds. The monoisotopic (exact) mass is 374 g/mol. The van der Waals surface area contributed by atoms with Gasteiger partial charge in [0.25, 0.3) is 11.8 Å². The molecule has 138 valence electrons. The number of carbonyl (C=O) groups is 2. The van der Waals surface area contributed by atoms with E-state index in [-0.39, 0.29) is 17.6 Å². The molecule has 0 spiro atoms. The first-order chi connectivity index (χ1) is 12.4. The first-order valence-corrected chi connectivity index (χ1v) is 9.70. The molecule has 1 N–H and O–H groups in total. The lowest BCUT2D eigenvalue weighted by atomic mass is 10.1. The standard InChI is InChI=1S/C20H23FN2O2S/c1-13(2)7-9-22-19(24)18-11-15-12-23(10-8-17(15)26-18)20(25)14-3-5-16(21)6-4-14/h3-6,11,13H,7-10,12H2,1-2H3,(H,22,24). The maximum atomic E-state index is 13.0. The number of halogens is 1. The van der Waals surface area contributed by atoms with E-state index in [1.807, 2.05) is 6.07 Å². The average Bonchev–Trinajstić information content (AvgIpc) is 3.04. The van der Waals surface area contributed by atoms with Crippen LogP contribution in [0.4, 0.5) is 4.39 Å². The summed E-state index contributed by atoms with van der Waals surface area (Å²) >= 11 is 1.51. The molecule has 0 bridgehead atoms. The third-order valence-corrected chi connectivity index (χ3v) is 5.71. The molecule has 2 aromatic rings. The van der Waals surface area contributed by atoms with Crippen molar-refractivity contribution in [1.29, 1.82) is 0 Å². The summed E-state index contributed by atoms with van der Waals surface area (Å²) in [5.41, 5.74) is 1.52. The molecular formula is C20H23FN2O2S. The molecule has 6 heteroatoms. The van der Waals surface area contributed by atoms with Crippen molar-refractivity contribution < 1.29 is 14.0 Å². The fourth-order valence-electron chi connectivity index (χ4n) is 2.95. The molecule has 0 aliphatic carbocycles. The van der Waals surface area contributed by atoms with Crippen molar-refractivity contribution in [1.82, 2.24) is 10.2 Å². The second-order valence-electron chi connectivity index (χ2n) is 6.98. The third-order valence-electron chi connectivity index (χ3n) is 4.48. The Balaban J connectivity index is 1.65.